The summed E-state index contributed by atoms with van der Waals surface area (Å²) >= 11 is 9.57. The van der Waals surface area contributed by atoms with Crippen LogP contribution in [0.1, 0.15) is 28.4 Å². The molecule has 1 aromatic carbocycles. The van der Waals surface area contributed by atoms with Crippen LogP contribution in [0.25, 0.3) is 0 Å². The van der Waals surface area contributed by atoms with Gasteiger partial charge in [0.2, 0.25) is 0 Å². The summed E-state index contributed by atoms with van der Waals surface area (Å²) in [6.45, 7) is 3.99. The average molecular weight is 370 g/mol. The summed E-state index contributed by atoms with van der Waals surface area (Å²) in [5, 5.41) is 0.676. The van der Waals surface area contributed by atoms with Gasteiger partial charge in [0.15, 0.2) is 0 Å². The highest BCUT2D eigenvalue weighted by Gasteiger charge is 2.16. The number of ether oxygens (including phenoxy) is 1. The molecule has 0 saturated heterocycles. The lowest BCUT2D eigenvalue weighted by molar-refractivity contribution is 0.406. The van der Waals surface area contributed by atoms with Gasteiger partial charge in [0.25, 0.3) is 0 Å². The minimum atomic E-state index is -0.184. The number of pyridine rings is 1. The Bertz CT molecular complexity index is 661. The fourth-order valence-corrected chi connectivity index (χ4v) is 3.12. The molecule has 112 valence electrons. The molecular weight excluding hydrogens is 352 g/mol. The van der Waals surface area contributed by atoms with Gasteiger partial charge in [0.1, 0.15) is 5.75 Å². The minimum Gasteiger partial charge on any atom is -0.496 e. The van der Waals surface area contributed by atoms with E-state index in [-0.39, 0.29) is 6.04 Å². The first-order valence-corrected chi connectivity index (χ1v) is 7.80. The summed E-state index contributed by atoms with van der Waals surface area (Å²) in [6.07, 6.45) is 2.45. The van der Waals surface area contributed by atoms with Crippen molar-refractivity contribution >= 4 is 27.5 Å². The van der Waals surface area contributed by atoms with Gasteiger partial charge >= 0.3 is 0 Å². The second-order valence-corrected chi connectivity index (χ2v) is 6.31. The maximum absolute atomic E-state index is 6.33. The van der Waals surface area contributed by atoms with Gasteiger partial charge in [-0.1, -0.05) is 27.5 Å². The van der Waals surface area contributed by atoms with Crippen molar-refractivity contribution in [2.75, 3.05) is 7.11 Å². The molecule has 0 radical (unpaired) electrons. The SMILES string of the molecule is COc1c(C)cnc(CC(N)c2cc(Cl)ccc2Br)c1C. The van der Waals surface area contributed by atoms with Crippen molar-refractivity contribution in [3.63, 3.8) is 0 Å². The predicted molar refractivity (Wildman–Crippen MR) is 90.0 cm³/mol. The quantitative estimate of drug-likeness (QED) is 0.870. The zero-order chi connectivity index (χ0) is 15.6. The molecule has 1 aromatic heterocycles. The van der Waals surface area contributed by atoms with Crippen molar-refractivity contribution in [2.24, 2.45) is 5.73 Å². The van der Waals surface area contributed by atoms with Gasteiger partial charge in [-0.2, -0.15) is 0 Å². The Hall–Kier alpha value is -1.10. The van der Waals surface area contributed by atoms with E-state index < -0.39 is 0 Å². The molecule has 2 aromatic rings. The number of rotatable bonds is 4. The number of nitrogens with zero attached hydrogens (tertiary/aromatic N) is 1. The van der Waals surface area contributed by atoms with Gasteiger partial charge in [-0.3, -0.25) is 4.98 Å². The maximum Gasteiger partial charge on any atom is 0.128 e. The van der Waals surface area contributed by atoms with E-state index in [2.05, 4.69) is 20.9 Å². The third-order valence-electron chi connectivity index (χ3n) is 3.52. The smallest absolute Gasteiger partial charge is 0.128 e. The van der Waals surface area contributed by atoms with Crippen LogP contribution in [0.2, 0.25) is 5.02 Å². The minimum absolute atomic E-state index is 0.184. The molecule has 0 bridgehead atoms. The fraction of sp³-hybridized carbons (Fsp3) is 0.312. The third kappa shape index (κ3) is 3.57. The van der Waals surface area contributed by atoms with E-state index in [0.717, 1.165) is 32.6 Å². The summed E-state index contributed by atoms with van der Waals surface area (Å²) in [5.41, 5.74) is 10.3. The van der Waals surface area contributed by atoms with E-state index in [1.54, 1.807) is 7.11 Å². The number of halogens is 2. The molecule has 0 spiro atoms. The van der Waals surface area contributed by atoms with Crippen LogP contribution in [0.4, 0.5) is 0 Å². The molecule has 3 nitrogen and oxygen atoms in total. The Labute approximate surface area is 138 Å². The van der Waals surface area contributed by atoms with Crippen molar-refractivity contribution < 1.29 is 4.74 Å². The van der Waals surface area contributed by atoms with Gasteiger partial charge in [-0.15, -0.1) is 0 Å². The molecule has 1 heterocycles. The average Bonchev–Trinajstić information content (AvgIpc) is 2.45. The lowest BCUT2D eigenvalue weighted by Gasteiger charge is -2.17. The summed E-state index contributed by atoms with van der Waals surface area (Å²) in [5.74, 6) is 0.873. The normalized spacial score (nSPS) is 12.3. The standard InChI is InChI=1S/C16H18BrClN2O/c1-9-8-20-15(10(2)16(9)21-3)7-14(19)12-6-11(18)4-5-13(12)17/h4-6,8,14H,7,19H2,1-3H3. The first kappa shape index (κ1) is 16.3. The van der Waals surface area contributed by atoms with Gasteiger partial charge in [0.05, 0.1) is 7.11 Å². The topological polar surface area (TPSA) is 48.1 Å². The van der Waals surface area contributed by atoms with Crippen molar-refractivity contribution in [2.45, 2.75) is 26.3 Å². The molecule has 0 aliphatic carbocycles. The predicted octanol–water partition coefficient (Wildman–Crippen LogP) is 4.37. The van der Waals surface area contributed by atoms with Crippen LogP contribution in [0.15, 0.2) is 28.9 Å². The second kappa shape index (κ2) is 6.77. The number of aromatic nitrogens is 1. The zero-order valence-electron chi connectivity index (χ0n) is 12.3. The monoisotopic (exact) mass is 368 g/mol. The van der Waals surface area contributed by atoms with Crippen LogP contribution < -0.4 is 10.5 Å². The largest absolute Gasteiger partial charge is 0.496 e. The number of nitrogens with two attached hydrogens (primary N) is 1. The maximum atomic E-state index is 6.33. The first-order valence-electron chi connectivity index (χ1n) is 6.63. The Morgan fingerprint density at radius 1 is 1.38 bits per heavy atom. The highest BCUT2D eigenvalue weighted by Crippen LogP contribution is 2.30. The summed E-state index contributed by atoms with van der Waals surface area (Å²) in [7, 11) is 1.67. The van der Waals surface area contributed by atoms with Gasteiger partial charge in [0, 0.05) is 45.0 Å². The van der Waals surface area contributed by atoms with E-state index in [9.17, 15) is 0 Å². The van der Waals surface area contributed by atoms with Crippen molar-refractivity contribution in [1.82, 2.24) is 4.98 Å². The van der Waals surface area contributed by atoms with E-state index in [4.69, 9.17) is 22.1 Å². The second-order valence-electron chi connectivity index (χ2n) is 5.02. The Morgan fingerprint density at radius 3 is 2.76 bits per heavy atom. The van der Waals surface area contributed by atoms with Crippen molar-refractivity contribution in [3.8, 4) is 5.75 Å². The number of benzene rings is 1. The third-order valence-corrected chi connectivity index (χ3v) is 4.48. The molecule has 0 aliphatic heterocycles. The number of hydrogen-bond donors (Lipinski definition) is 1. The van der Waals surface area contributed by atoms with Gasteiger partial charge in [-0.25, -0.2) is 0 Å². The number of aryl methyl sites for hydroxylation is 1. The number of hydrogen-bond acceptors (Lipinski definition) is 3. The molecule has 0 amide bonds. The van der Waals surface area contributed by atoms with Crippen LogP contribution >= 0.6 is 27.5 Å². The zero-order valence-corrected chi connectivity index (χ0v) is 14.6. The summed E-state index contributed by atoms with van der Waals surface area (Å²) in [6, 6.07) is 5.45. The Morgan fingerprint density at radius 2 is 2.10 bits per heavy atom. The highest BCUT2D eigenvalue weighted by atomic mass is 79.9. The summed E-state index contributed by atoms with van der Waals surface area (Å²) in [4.78, 5) is 4.50. The van der Waals surface area contributed by atoms with Crippen molar-refractivity contribution in [1.29, 1.82) is 0 Å². The Kier molecular flexibility index (Phi) is 5.25. The molecule has 2 N–H and O–H groups in total. The van der Waals surface area contributed by atoms with Gasteiger partial charge < -0.3 is 10.5 Å². The molecule has 0 aliphatic rings. The van der Waals surface area contributed by atoms with Crippen LogP contribution in [0, 0.1) is 13.8 Å². The van der Waals surface area contributed by atoms with Crippen LogP contribution in [0.3, 0.4) is 0 Å². The van der Waals surface area contributed by atoms with Gasteiger partial charge in [-0.05, 0) is 37.6 Å². The lowest BCUT2D eigenvalue weighted by atomic mass is 9.99. The van der Waals surface area contributed by atoms with E-state index >= 15 is 0 Å². The van der Waals surface area contributed by atoms with E-state index in [1.807, 2.05) is 38.2 Å². The lowest BCUT2D eigenvalue weighted by Crippen LogP contribution is -2.16. The molecule has 0 saturated carbocycles. The van der Waals surface area contributed by atoms with Crippen LogP contribution in [-0.2, 0) is 6.42 Å². The Balaban J connectivity index is 2.32. The van der Waals surface area contributed by atoms with E-state index in [0.29, 0.717) is 11.4 Å². The first-order chi connectivity index (χ1) is 9.93. The molecule has 5 heteroatoms. The molecule has 2 rings (SSSR count). The van der Waals surface area contributed by atoms with E-state index in [1.165, 1.54) is 0 Å². The fourth-order valence-electron chi connectivity index (χ4n) is 2.39. The van der Waals surface area contributed by atoms with Crippen LogP contribution in [0.5, 0.6) is 5.75 Å². The van der Waals surface area contributed by atoms with Crippen LogP contribution in [-0.4, -0.2) is 12.1 Å². The molecule has 1 unspecified atom stereocenters. The summed E-state index contributed by atoms with van der Waals surface area (Å²) < 4.78 is 6.39. The number of methoxy groups -OCH3 is 1. The highest BCUT2D eigenvalue weighted by molar-refractivity contribution is 9.10. The molecule has 0 fully saturated rings. The molecule has 1 atom stereocenters. The molecule has 21 heavy (non-hydrogen) atoms. The van der Waals surface area contributed by atoms with Crippen molar-refractivity contribution in [3.05, 3.63) is 56.3 Å². The molecular formula is C16H18BrClN2O.